The van der Waals surface area contributed by atoms with Gasteiger partial charge in [0.2, 0.25) is 10.0 Å². The minimum absolute atomic E-state index is 0.0533. The Morgan fingerprint density at radius 1 is 1.18 bits per heavy atom. The number of halogens is 2. The predicted molar refractivity (Wildman–Crippen MR) is 82.0 cm³/mol. The first kappa shape index (κ1) is 18.8. The van der Waals surface area contributed by atoms with Crippen molar-refractivity contribution in [2.24, 2.45) is 0 Å². The minimum atomic E-state index is -3.82. The quantitative estimate of drug-likeness (QED) is 0.890. The number of rotatable bonds is 5. The van der Waals surface area contributed by atoms with Gasteiger partial charge in [0.15, 0.2) is 0 Å². The molecule has 0 radical (unpaired) electrons. The fourth-order valence-electron chi connectivity index (χ4n) is 2.14. The van der Waals surface area contributed by atoms with E-state index in [-0.39, 0.29) is 22.1 Å². The molecule has 0 aliphatic heterocycles. The van der Waals surface area contributed by atoms with E-state index in [1.807, 2.05) is 13.8 Å². The van der Waals surface area contributed by atoms with Crippen LogP contribution in [0.1, 0.15) is 51.7 Å². The zero-order chi connectivity index (χ0) is 17.3. The summed E-state index contributed by atoms with van der Waals surface area (Å²) in [7, 11) is -3.82. The van der Waals surface area contributed by atoms with Crippen LogP contribution in [-0.4, -0.2) is 20.6 Å². The molecule has 0 atom stereocenters. The lowest BCUT2D eigenvalue weighted by molar-refractivity contribution is -0.0511. The van der Waals surface area contributed by atoms with E-state index < -0.39 is 22.2 Å². The Hall–Kier alpha value is -1.21. The summed E-state index contributed by atoms with van der Waals surface area (Å²) in [6.07, 6.45) is 0. The molecule has 0 saturated carbocycles. The van der Waals surface area contributed by atoms with Crippen molar-refractivity contribution in [3.63, 3.8) is 0 Å². The van der Waals surface area contributed by atoms with E-state index in [4.69, 9.17) is 0 Å². The summed E-state index contributed by atoms with van der Waals surface area (Å²) in [5.74, 6) is -0.137. The topological polar surface area (TPSA) is 55.4 Å². The number of alkyl halides is 2. The summed E-state index contributed by atoms with van der Waals surface area (Å²) >= 11 is 0. The van der Waals surface area contributed by atoms with Gasteiger partial charge in [-0.25, -0.2) is 13.1 Å². The number of hydrogen-bond donors (Lipinski definition) is 1. The summed E-state index contributed by atoms with van der Waals surface area (Å²) in [6.45, 7) is 7.24. The molecule has 1 rings (SSSR count). The van der Waals surface area contributed by atoms with Crippen molar-refractivity contribution < 1.29 is 21.9 Å². The van der Waals surface area contributed by atoms with Gasteiger partial charge in [0.25, 0.3) is 0 Å². The van der Waals surface area contributed by atoms with Crippen LogP contribution in [0.4, 0.5) is 8.78 Å². The van der Waals surface area contributed by atoms with Gasteiger partial charge >= 0.3 is 6.61 Å². The van der Waals surface area contributed by atoms with Crippen LogP contribution in [0.3, 0.4) is 0 Å². The lowest BCUT2D eigenvalue weighted by Gasteiger charge is -2.23. The summed E-state index contributed by atoms with van der Waals surface area (Å²) < 4.78 is 57.3. The molecule has 1 aromatic carbocycles. The molecule has 126 valence electrons. The van der Waals surface area contributed by atoms with E-state index in [0.717, 1.165) is 0 Å². The van der Waals surface area contributed by atoms with Gasteiger partial charge in [-0.2, -0.15) is 8.78 Å². The van der Waals surface area contributed by atoms with E-state index in [1.165, 1.54) is 19.1 Å². The fraction of sp³-hybridized carbons (Fsp3) is 0.600. The number of ether oxygens (including phenoxy) is 1. The van der Waals surface area contributed by atoms with Crippen molar-refractivity contribution in [2.45, 2.75) is 64.5 Å². The molecule has 0 bridgehead atoms. The first-order chi connectivity index (χ1) is 9.85. The van der Waals surface area contributed by atoms with Gasteiger partial charge < -0.3 is 4.74 Å². The normalized spacial score (nSPS) is 13.0. The van der Waals surface area contributed by atoms with E-state index in [0.29, 0.717) is 5.56 Å². The summed E-state index contributed by atoms with van der Waals surface area (Å²) in [6, 6.07) is 2.95. The van der Waals surface area contributed by atoms with Gasteiger partial charge in [0.05, 0.1) is 4.90 Å². The lowest BCUT2D eigenvalue weighted by atomic mass is 9.99. The van der Waals surface area contributed by atoms with Crippen LogP contribution in [0.2, 0.25) is 0 Å². The van der Waals surface area contributed by atoms with Crippen molar-refractivity contribution in [3.8, 4) is 5.75 Å². The summed E-state index contributed by atoms with van der Waals surface area (Å²) in [4.78, 5) is -0.0533. The van der Waals surface area contributed by atoms with Crippen LogP contribution in [0.15, 0.2) is 17.0 Å². The second-order valence-corrected chi connectivity index (χ2v) is 8.15. The molecule has 0 amide bonds. The highest BCUT2D eigenvalue weighted by Gasteiger charge is 2.27. The first-order valence-corrected chi connectivity index (χ1v) is 8.46. The molecular weight excluding hydrogens is 312 g/mol. The Morgan fingerprint density at radius 2 is 1.73 bits per heavy atom. The Labute approximate surface area is 130 Å². The molecule has 7 heteroatoms. The number of benzene rings is 1. The third-order valence-corrected chi connectivity index (χ3v) is 4.85. The van der Waals surface area contributed by atoms with Gasteiger partial charge in [-0.05, 0) is 45.2 Å². The Morgan fingerprint density at radius 3 is 2.14 bits per heavy atom. The highest BCUT2D eigenvalue weighted by Crippen LogP contribution is 2.35. The number of sulfonamides is 1. The van der Waals surface area contributed by atoms with Gasteiger partial charge in [0.1, 0.15) is 5.75 Å². The van der Waals surface area contributed by atoms with Crippen molar-refractivity contribution in [1.29, 1.82) is 0 Å². The Bertz CT molecular complexity index is 635. The fourth-order valence-corrected chi connectivity index (χ4v) is 3.80. The predicted octanol–water partition coefficient (Wildman–Crippen LogP) is 3.80. The van der Waals surface area contributed by atoms with Crippen LogP contribution >= 0.6 is 0 Å². The average molecular weight is 335 g/mol. The van der Waals surface area contributed by atoms with Gasteiger partial charge in [-0.3, -0.25) is 0 Å². The molecule has 0 heterocycles. The second kappa shape index (κ2) is 6.50. The third-order valence-electron chi connectivity index (χ3n) is 2.95. The smallest absolute Gasteiger partial charge is 0.387 e. The van der Waals surface area contributed by atoms with Crippen molar-refractivity contribution in [2.75, 3.05) is 0 Å². The maximum atomic E-state index is 12.7. The Kier molecular flexibility index (Phi) is 5.56. The SMILES string of the molecule is Cc1c(S(=O)(=O)NC(C)(C)C)ccc(C(C)C)c1OC(F)F. The van der Waals surface area contributed by atoms with E-state index in [9.17, 15) is 17.2 Å². The molecular formula is C15H23F2NO3S. The second-order valence-electron chi connectivity index (χ2n) is 6.50. The van der Waals surface area contributed by atoms with Gasteiger partial charge in [0, 0.05) is 11.1 Å². The molecule has 0 aliphatic rings. The number of nitrogens with one attached hydrogen (secondary N) is 1. The van der Waals surface area contributed by atoms with Crippen LogP contribution in [0, 0.1) is 6.92 Å². The van der Waals surface area contributed by atoms with Crippen molar-refractivity contribution in [1.82, 2.24) is 4.72 Å². The van der Waals surface area contributed by atoms with Crippen LogP contribution in [0.5, 0.6) is 5.75 Å². The molecule has 0 aromatic heterocycles. The molecule has 0 fully saturated rings. The van der Waals surface area contributed by atoms with E-state index in [2.05, 4.69) is 9.46 Å². The van der Waals surface area contributed by atoms with Gasteiger partial charge in [-0.15, -0.1) is 0 Å². The zero-order valence-corrected chi connectivity index (χ0v) is 14.5. The van der Waals surface area contributed by atoms with Gasteiger partial charge in [-0.1, -0.05) is 19.9 Å². The first-order valence-electron chi connectivity index (χ1n) is 6.97. The lowest BCUT2D eigenvalue weighted by Crippen LogP contribution is -2.40. The van der Waals surface area contributed by atoms with Crippen molar-refractivity contribution >= 4 is 10.0 Å². The maximum absolute atomic E-state index is 12.7. The van der Waals surface area contributed by atoms with E-state index >= 15 is 0 Å². The van der Waals surface area contributed by atoms with E-state index in [1.54, 1.807) is 20.8 Å². The van der Waals surface area contributed by atoms with Crippen LogP contribution in [-0.2, 0) is 10.0 Å². The highest BCUT2D eigenvalue weighted by atomic mass is 32.2. The molecule has 0 spiro atoms. The molecule has 4 nitrogen and oxygen atoms in total. The molecule has 22 heavy (non-hydrogen) atoms. The highest BCUT2D eigenvalue weighted by molar-refractivity contribution is 7.89. The molecule has 0 aliphatic carbocycles. The zero-order valence-electron chi connectivity index (χ0n) is 13.7. The van der Waals surface area contributed by atoms with Crippen LogP contribution in [0.25, 0.3) is 0 Å². The molecule has 1 aromatic rings. The third kappa shape index (κ3) is 4.64. The maximum Gasteiger partial charge on any atom is 0.387 e. The van der Waals surface area contributed by atoms with Crippen molar-refractivity contribution in [3.05, 3.63) is 23.3 Å². The average Bonchev–Trinajstić information content (AvgIpc) is 2.26. The van der Waals surface area contributed by atoms with Crippen LogP contribution < -0.4 is 9.46 Å². The standard InChI is InChI=1S/C15H23F2NO3S/c1-9(2)11-7-8-12(10(3)13(11)21-14(16)17)22(19,20)18-15(4,5)6/h7-9,14,18H,1-6H3. The monoisotopic (exact) mass is 335 g/mol. The minimum Gasteiger partial charge on any atom is -0.434 e. The molecule has 0 saturated heterocycles. The largest absolute Gasteiger partial charge is 0.434 e. The number of hydrogen-bond acceptors (Lipinski definition) is 3. The Balaban J connectivity index is 3.46. The summed E-state index contributed by atoms with van der Waals surface area (Å²) in [5, 5.41) is 0. The molecule has 0 unspecified atom stereocenters. The molecule has 1 N–H and O–H groups in total. The summed E-state index contributed by atoms with van der Waals surface area (Å²) in [5.41, 5.74) is 0.0573.